The highest BCUT2D eigenvalue weighted by Crippen LogP contribution is 2.27. The summed E-state index contributed by atoms with van der Waals surface area (Å²) in [6.45, 7) is 4.14. The van der Waals surface area contributed by atoms with Gasteiger partial charge in [0.05, 0.1) is 11.9 Å². The lowest BCUT2D eigenvalue weighted by Gasteiger charge is -2.20. The van der Waals surface area contributed by atoms with Gasteiger partial charge in [-0.2, -0.15) is 0 Å². The average Bonchev–Trinajstić information content (AvgIpc) is 2.48. The predicted molar refractivity (Wildman–Crippen MR) is 87.4 cm³/mol. The van der Waals surface area contributed by atoms with Gasteiger partial charge in [0.15, 0.2) is 0 Å². The van der Waals surface area contributed by atoms with Crippen LogP contribution in [0.15, 0.2) is 18.3 Å². The molecule has 0 atom stereocenters. The lowest BCUT2D eigenvalue weighted by molar-refractivity contribution is -0.116. The first-order valence-electron chi connectivity index (χ1n) is 8.16. The minimum atomic E-state index is 0.104. The first-order valence-corrected chi connectivity index (χ1v) is 8.16. The van der Waals surface area contributed by atoms with E-state index in [1.807, 2.05) is 12.1 Å². The van der Waals surface area contributed by atoms with E-state index in [2.05, 4.69) is 29.5 Å². The fraction of sp³-hybridized carbons (Fsp3) is 0.647. The van der Waals surface area contributed by atoms with Gasteiger partial charge in [0.1, 0.15) is 5.82 Å². The van der Waals surface area contributed by atoms with Gasteiger partial charge >= 0.3 is 0 Å². The molecule has 4 heteroatoms. The topological polar surface area (TPSA) is 54.0 Å². The number of hydrogen-bond donors (Lipinski definition) is 2. The number of hydrogen-bond acceptors (Lipinski definition) is 3. The zero-order valence-corrected chi connectivity index (χ0v) is 13.2. The molecule has 1 saturated carbocycles. The molecule has 4 nitrogen and oxygen atoms in total. The van der Waals surface area contributed by atoms with Crippen molar-refractivity contribution in [1.29, 1.82) is 0 Å². The average molecular weight is 289 g/mol. The van der Waals surface area contributed by atoms with Crippen LogP contribution < -0.4 is 10.6 Å². The van der Waals surface area contributed by atoms with Crippen LogP contribution in [0.4, 0.5) is 11.5 Å². The Bertz CT molecular complexity index is 436. The molecule has 0 bridgehead atoms. The summed E-state index contributed by atoms with van der Waals surface area (Å²) in [4.78, 5) is 16.3. The zero-order valence-electron chi connectivity index (χ0n) is 13.2. The molecule has 1 amide bonds. The summed E-state index contributed by atoms with van der Waals surface area (Å²) in [6, 6.07) is 4.15. The van der Waals surface area contributed by atoms with E-state index >= 15 is 0 Å². The zero-order chi connectivity index (χ0) is 15.1. The summed E-state index contributed by atoms with van der Waals surface area (Å²) in [5, 5.41) is 6.16. The van der Waals surface area contributed by atoms with Crippen molar-refractivity contribution < 1.29 is 4.79 Å². The number of amides is 1. The van der Waals surface area contributed by atoms with E-state index in [1.165, 1.54) is 32.1 Å². The van der Waals surface area contributed by atoms with Gasteiger partial charge in [-0.15, -0.1) is 0 Å². The van der Waals surface area contributed by atoms with Crippen molar-refractivity contribution in [3.63, 3.8) is 0 Å². The Labute approximate surface area is 127 Å². The Kier molecular flexibility index (Phi) is 6.03. The summed E-state index contributed by atoms with van der Waals surface area (Å²) in [5.74, 6) is 1.69. The predicted octanol–water partition coefficient (Wildman–Crippen LogP) is 4.20. The monoisotopic (exact) mass is 289 g/mol. The largest absolute Gasteiger partial charge is 0.368 e. The minimum Gasteiger partial charge on any atom is -0.368 e. The van der Waals surface area contributed by atoms with Gasteiger partial charge in [0, 0.05) is 12.5 Å². The SMILES string of the molecule is CC(C)Nc1ccc(NC(=O)CCC2CCCCC2)cn1. The van der Waals surface area contributed by atoms with Gasteiger partial charge in [-0.25, -0.2) is 4.98 Å². The lowest BCUT2D eigenvalue weighted by Crippen LogP contribution is -2.15. The van der Waals surface area contributed by atoms with E-state index in [-0.39, 0.29) is 5.91 Å². The summed E-state index contributed by atoms with van der Waals surface area (Å²) in [7, 11) is 0. The Balaban J connectivity index is 1.74. The van der Waals surface area contributed by atoms with Gasteiger partial charge in [0.2, 0.25) is 5.91 Å². The fourth-order valence-corrected chi connectivity index (χ4v) is 2.88. The van der Waals surface area contributed by atoms with Gasteiger partial charge < -0.3 is 10.6 Å². The third-order valence-corrected chi connectivity index (χ3v) is 3.99. The molecule has 0 saturated heterocycles. The Morgan fingerprint density at radius 3 is 2.67 bits per heavy atom. The number of carbonyl (C=O) groups excluding carboxylic acids is 1. The highest BCUT2D eigenvalue weighted by molar-refractivity contribution is 5.90. The van der Waals surface area contributed by atoms with Crippen LogP contribution in [0.2, 0.25) is 0 Å². The van der Waals surface area contributed by atoms with Crippen molar-refractivity contribution in [3.05, 3.63) is 18.3 Å². The van der Waals surface area contributed by atoms with E-state index in [9.17, 15) is 4.79 Å². The quantitative estimate of drug-likeness (QED) is 0.825. The van der Waals surface area contributed by atoms with E-state index in [0.717, 1.165) is 23.8 Å². The van der Waals surface area contributed by atoms with Crippen molar-refractivity contribution in [1.82, 2.24) is 4.98 Å². The molecule has 1 aliphatic carbocycles. The molecule has 0 radical (unpaired) electrons. The maximum atomic E-state index is 12.0. The van der Waals surface area contributed by atoms with Crippen LogP contribution in [0, 0.1) is 5.92 Å². The molecule has 2 N–H and O–H groups in total. The van der Waals surface area contributed by atoms with Gasteiger partial charge in [-0.1, -0.05) is 32.1 Å². The van der Waals surface area contributed by atoms with Crippen LogP contribution in [-0.4, -0.2) is 16.9 Å². The molecule has 0 unspecified atom stereocenters. The number of nitrogens with zero attached hydrogens (tertiary/aromatic N) is 1. The van der Waals surface area contributed by atoms with Crippen molar-refractivity contribution in [2.75, 3.05) is 10.6 Å². The third kappa shape index (κ3) is 5.74. The Hall–Kier alpha value is -1.58. The van der Waals surface area contributed by atoms with Gasteiger partial charge in [-0.3, -0.25) is 4.79 Å². The fourth-order valence-electron chi connectivity index (χ4n) is 2.88. The number of anilines is 2. The Morgan fingerprint density at radius 2 is 2.05 bits per heavy atom. The lowest BCUT2D eigenvalue weighted by atomic mass is 9.86. The van der Waals surface area contributed by atoms with Crippen LogP contribution in [-0.2, 0) is 4.79 Å². The highest BCUT2D eigenvalue weighted by atomic mass is 16.1. The van der Waals surface area contributed by atoms with Gasteiger partial charge in [-0.05, 0) is 38.3 Å². The number of aromatic nitrogens is 1. The Morgan fingerprint density at radius 1 is 1.29 bits per heavy atom. The first kappa shape index (κ1) is 15.8. The number of rotatable bonds is 6. The van der Waals surface area contributed by atoms with Crippen molar-refractivity contribution in [2.45, 2.75) is 64.8 Å². The van der Waals surface area contributed by atoms with Crippen LogP contribution in [0.1, 0.15) is 58.8 Å². The number of carbonyl (C=O) groups is 1. The van der Waals surface area contributed by atoms with E-state index in [1.54, 1.807) is 6.20 Å². The van der Waals surface area contributed by atoms with Crippen LogP contribution >= 0.6 is 0 Å². The van der Waals surface area contributed by atoms with Crippen LogP contribution in [0.3, 0.4) is 0 Å². The molecule has 0 aromatic carbocycles. The standard InChI is InChI=1S/C17H27N3O/c1-13(2)19-16-10-9-15(12-18-16)20-17(21)11-8-14-6-4-3-5-7-14/h9-10,12-14H,3-8,11H2,1-2H3,(H,18,19)(H,20,21). The van der Waals surface area contributed by atoms with Crippen molar-refractivity contribution >= 4 is 17.4 Å². The first-order chi connectivity index (χ1) is 10.1. The van der Waals surface area contributed by atoms with Gasteiger partial charge in [0.25, 0.3) is 0 Å². The molecule has 1 aromatic rings. The second-order valence-electron chi connectivity index (χ2n) is 6.32. The summed E-state index contributed by atoms with van der Waals surface area (Å²) >= 11 is 0. The molecular weight excluding hydrogens is 262 g/mol. The summed E-state index contributed by atoms with van der Waals surface area (Å²) in [6.07, 6.45) is 9.98. The third-order valence-electron chi connectivity index (χ3n) is 3.99. The molecule has 21 heavy (non-hydrogen) atoms. The molecule has 0 spiro atoms. The number of pyridine rings is 1. The smallest absolute Gasteiger partial charge is 0.224 e. The van der Waals surface area contributed by atoms with Crippen molar-refractivity contribution in [3.8, 4) is 0 Å². The second kappa shape index (κ2) is 8.01. The molecule has 116 valence electrons. The maximum Gasteiger partial charge on any atom is 0.224 e. The summed E-state index contributed by atoms with van der Waals surface area (Å²) < 4.78 is 0. The van der Waals surface area contributed by atoms with Crippen LogP contribution in [0.25, 0.3) is 0 Å². The highest BCUT2D eigenvalue weighted by Gasteiger charge is 2.14. The molecule has 1 aromatic heterocycles. The van der Waals surface area contributed by atoms with Crippen LogP contribution in [0.5, 0.6) is 0 Å². The molecule has 1 heterocycles. The number of nitrogens with one attached hydrogen (secondary N) is 2. The molecule has 1 aliphatic rings. The van der Waals surface area contributed by atoms with E-state index in [0.29, 0.717) is 12.5 Å². The summed E-state index contributed by atoms with van der Waals surface area (Å²) in [5.41, 5.74) is 0.776. The minimum absolute atomic E-state index is 0.104. The molecule has 2 rings (SSSR count). The molecular formula is C17H27N3O. The molecule has 0 aliphatic heterocycles. The normalized spacial score (nSPS) is 16.0. The maximum absolute atomic E-state index is 12.0. The molecule has 1 fully saturated rings. The second-order valence-corrected chi connectivity index (χ2v) is 6.32. The van der Waals surface area contributed by atoms with Crippen molar-refractivity contribution in [2.24, 2.45) is 5.92 Å². The van der Waals surface area contributed by atoms with E-state index in [4.69, 9.17) is 0 Å². The van der Waals surface area contributed by atoms with E-state index < -0.39 is 0 Å².